The zero-order chi connectivity index (χ0) is 17.6. The average molecular weight is 396 g/mol. The lowest BCUT2D eigenvalue weighted by Crippen LogP contribution is -2.29. The van der Waals surface area contributed by atoms with Crippen LogP contribution in [0.2, 0.25) is 10.0 Å². The maximum Gasteiger partial charge on any atom is 0.244 e. The fourth-order valence-corrected chi connectivity index (χ4v) is 5.47. The maximum absolute atomic E-state index is 12.9. The molecule has 1 aromatic heterocycles. The second kappa shape index (κ2) is 6.29. The number of halogens is 2. The Morgan fingerprint density at radius 2 is 1.92 bits per heavy atom. The van der Waals surface area contributed by atoms with Crippen molar-refractivity contribution < 1.29 is 8.42 Å². The molecule has 1 fully saturated rings. The quantitative estimate of drug-likeness (QED) is 0.673. The third-order valence-corrected chi connectivity index (χ3v) is 7.09. The summed E-state index contributed by atoms with van der Waals surface area (Å²) >= 11 is 12.0. The van der Waals surface area contributed by atoms with Gasteiger partial charge in [-0.25, -0.2) is 13.4 Å². The summed E-state index contributed by atoms with van der Waals surface area (Å²) in [4.78, 5) is 4.44. The van der Waals surface area contributed by atoms with Crippen molar-refractivity contribution in [3.8, 4) is 0 Å². The molecule has 1 atom stereocenters. The van der Waals surface area contributed by atoms with Crippen LogP contribution in [0.3, 0.4) is 0 Å². The molecule has 1 aliphatic heterocycles. The lowest BCUT2D eigenvalue weighted by Gasteiger charge is -2.18. The first-order chi connectivity index (χ1) is 12.0. The lowest BCUT2D eigenvalue weighted by atomic mass is 10.2. The van der Waals surface area contributed by atoms with Crippen molar-refractivity contribution in [3.05, 3.63) is 58.8 Å². The monoisotopic (exact) mass is 395 g/mol. The van der Waals surface area contributed by atoms with Crippen LogP contribution >= 0.6 is 23.2 Å². The van der Waals surface area contributed by atoms with Crippen molar-refractivity contribution in [1.82, 2.24) is 13.9 Å². The van der Waals surface area contributed by atoms with E-state index in [1.54, 1.807) is 12.4 Å². The van der Waals surface area contributed by atoms with E-state index in [9.17, 15) is 8.42 Å². The van der Waals surface area contributed by atoms with E-state index in [1.165, 1.54) is 16.4 Å². The number of hydrogen-bond acceptors (Lipinski definition) is 3. The third kappa shape index (κ3) is 2.93. The third-order valence-electron chi connectivity index (χ3n) is 4.51. The molecule has 0 radical (unpaired) electrons. The van der Waals surface area contributed by atoms with Gasteiger partial charge in [-0.3, -0.25) is 0 Å². The predicted molar refractivity (Wildman–Crippen MR) is 98.6 cm³/mol. The van der Waals surface area contributed by atoms with Gasteiger partial charge in [0.15, 0.2) is 0 Å². The van der Waals surface area contributed by atoms with Crippen molar-refractivity contribution >= 4 is 44.3 Å². The normalized spacial score (nSPS) is 18.9. The molecule has 5 nitrogen and oxygen atoms in total. The Labute approximate surface area is 155 Å². The van der Waals surface area contributed by atoms with E-state index in [2.05, 4.69) is 4.98 Å². The van der Waals surface area contributed by atoms with Gasteiger partial charge in [0.05, 0.1) is 28.4 Å². The molecule has 0 spiro atoms. The summed E-state index contributed by atoms with van der Waals surface area (Å²) in [5.74, 6) is 0. The molecule has 0 bridgehead atoms. The van der Waals surface area contributed by atoms with E-state index in [1.807, 2.05) is 28.8 Å². The van der Waals surface area contributed by atoms with Crippen LogP contribution in [0.4, 0.5) is 0 Å². The number of aromatic nitrogens is 2. The topological polar surface area (TPSA) is 55.2 Å². The summed E-state index contributed by atoms with van der Waals surface area (Å²) < 4.78 is 29.4. The minimum absolute atomic E-state index is 0.0418. The Bertz CT molecular complexity index is 1050. The van der Waals surface area contributed by atoms with Gasteiger partial charge in [-0.2, -0.15) is 4.31 Å². The second-order valence-electron chi connectivity index (χ2n) is 6.02. The molecule has 1 unspecified atom stereocenters. The van der Waals surface area contributed by atoms with Crippen LogP contribution in [0.25, 0.3) is 11.0 Å². The summed E-state index contributed by atoms with van der Waals surface area (Å²) in [7, 11) is -3.69. The highest BCUT2D eigenvalue weighted by Gasteiger charge is 2.35. The van der Waals surface area contributed by atoms with Crippen LogP contribution in [-0.2, 0) is 10.0 Å². The number of nitrogens with zero attached hydrogens (tertiary/aromatic N) is 3. The number of hydrogen-bond donors (Lipinski definition) is 0. The summed E-state index contributed by atoms with van der Waals surface area (Å²) in [6.07, 6.45) is 2.50. The van der Waals surface area contributed by atoms with E-state index in [0.29, 0.717) is 18.1 Å². The van der Waals surface area contributed by atoms with E-state index in [-0.39, 0.29) is 16.0 Å². The van der Waals surface area contributed by atoms with Gasteiger partial charge in [0.1, 0.15) is 4.90 Å². The molecule has 0 saturated carbocycles. The molecule has 4 rings (SSSR count). The Hall–Kier alpha value is -1.60. The SMILES string of the molecule is O=S(=O)(c1cc(Cl)ccc1Cl)N1CCC(n2cnc3ccccc32)C1. The molecule has 1 saturated heterocycles. The standard InChI is InChI=1S/C17H15Cl2N3O2S/c18-12-5-6-14(19)17(9-12)25(23,24)21-8-7-13(10-21)22-11-20-15-3-1-2-4-16(15)22/h1-6,9,11,13H,7-8,10H2. The highest BCUT2D eigenvalue weighted by Crippen LogP contribution is 2.33. The van der Waals surface area contributed by atoms with E-state index < -0.39 is 10.0 Å². The smallest absolute Gasteiger partial charge is 0.244 e. The van der Waals surface area contributed by atoms with Crippen LogP contribution in [0.5, 0.6) is 0 Å². The molecular formula is C17H15Cl2N3O2S. The second-order valence-corrected chi connectivity index (χ2v) is 8.77. The van der Waals surface area contributed by atoms with Crippen LogP contribution in [0, 0.1) is 0 Å². The van der Waals surface area contributed by atoms with Gasteiger partial charge in [-0.1, -0.05) is 35.3 Å². The Morgan fingerprint density at radius 1 is 1.12 bits per heavy atom. The molecular weight excluding hydrogens is 381 g/mol. The average Bonchev–Trinajstić information content (AvgIpc) is 3.23. The number of sulfonamides is 1. The molecule has 0 amide bonds. The number of para-hydroxylation sites is 2. The van der Waals surface area contributed by atoms with Crippen molar-refractivity contribution in [2.24, 2.45) is 0 Å². The van der Waals surface area contributed by atoms with E-state index in [4.69, 9.17) is 23.2 Å². The summed E-state index contributed by atoms with van der Waals surface area (Å²) in [6, 6.07) is 12.4. The van der Waals surface area contributed by atoms with Gasteiger partial charge < -0.3 is 4.57 Å². The molecule has 1 aliphatic rings. The van der Waals surface area contributed by atoms with Crippen LogP contribution < -0.4 is 0 Å². The van der Waals surface area contributed by atoms with Gasteiger partial charge in [0, 0.05) is 18.1 Å². The first-order valence-corrected chi connectivity index (χ1v) is 10.0. The Kier molecular flexibility index (Phi) is 4.24. The lowest BCUT2D eigenvalue weighted by molar-refractivity contribution is 0.455. The van der Waals surface area contributed by atoms with Crippen LogP contribution in [0.15, 0.2) is 53.7 Å². The van der Waals surface area contributed by atoms with Gasteiger partial charge in [0.2, 0.25) is 10.0 Å². The molecule has 25 heavy (non-hydrogen) atoms. The van der Waals surface area contributed by atoms with E-state index >= 15 is 0 Å². The Morgan fingerprint density at radius 3 is 2.76 bits per heavy atom. The van der Waals surface area contributed by atoms with Gasteiger partial charge in [-0.05, 0) is 36.8 Å². The highest BCUT2D eigenvalue weighted by atomic mass is 35.5. The van der Waals surface area contributed by atoms with Gasteiger partial charge in [-0.15, -0.1) is 0 Å². The van der Waals surface area contributed by atoms with Gasteiger partial charge in [0.25, 0.3) is 0 Å². The van der Waals surface area contributed by atoms with Crippen molar-refractivity contribution in [1.29, 1.82) is 0 Å². The molecule has 2 heterocycles. The summed E-state index contributed by atoms with van der Waals surface area (Å²) in [5.41, 5.74) is 1.91. The number of rotatable bonds is 3. The number of fused-ring (bicyclic) bond motifs is 1. The summed E-state index contributed by atoms with van der Waals surface area (Å²) in [5, 5.41) is 0.528. The van der Waals surface area contributed by atoms with Crippen molar-refractivity contribution in [2.45, 2.75) is 17.4 Å². The zero-order valence-electron chi connectivity index (χ0n) is 13.1. The van der Waals surface area contributed by atoms with Crippen molar-refractivity contribution in [3.63, 3.8) is 0 Å². The van der Waals surface area contributed by atoms with Crippen molar-refractivity contribution in [2.75, 3.05) is 13.1 Å². The first-order valence-electron chi connectivity index (χ1n) is 7.83. The zero-order valence-corrected chi connectivity index (χ0v) is 15.5. The molecule has 2 aromatic carbocycles. The van der Waals surface area contributed by atoms with Crippen LogP contribution in [0.1, 0.15) is 12.5 Å². The van der Waals surface area contributed by atoms with E-state index in [0.717, 1.165) is 17.5 Å². The Balaban J connectivity index is 1.65. The fourth-order valence-electron chi connectivity index (χ4n) is 3.24. The first kappa shape index (κ1) is 16.8. The minimum atomic E-state index is -3.69. The maximum atomic E-state index is 12.9. The number of imidazole rings is 1. The van der Waals surface area contributed by atoms with Crippen LogP contribution in [-0.4, -0.2) is 35.4 Å². The highest BCUT2D eigenvalue weighted by molar-refractivity contribution is 7.89. The molecule has 0 aliphatic carbocycles. The number of benzene rings is 2. The predicted octanol–water partition coefficient (Wildman–Crippen LogP) is 3.98. The molecule has 3 aromatic rings. The fraction of sp³-hybridized carbons (Fsp3) is 0.235. The molecule has 0 N–H and O–H groups in total. The molecule has 8 heteroatoms. The summed E-state index contributed by atoms with van der Waals surface area (Å²) in [6.45, 7) is 0.813. The molecule has 130 valence electrons. The minimum Gasteiger partial charge on any atom is -0.326 e. The van der Waals surface area contributed by atoms with Gasteiger partial charge >= 0.3 is 0 Å². The largest absolute Gasteiger partial charge is 0.326 e.